The highest BCUT2D eigenvalue weighted by molar-refractivity contribution is 9.11. The molecule has 0 aliphatic heterocycles. The largest absolute Gasteiger partial charge is 0.324 e. The molecule has 0 fully saturated rings. The zero-order valence-electron chi connectivity index (χ0n) is 8.43. The molecule has 0 aromatic heterocycles. The van der Waals surface area contributed by atoms with Gasteiger partial charge in [0.1, 0.15) is 0 Å². The van der Waals surface area contributed by atoms with Crippen molar-refractivity contribution in [2.75, 3.05) is 0 Å². The first-order chi connectivity index (χ1) is 6.49. The van der Waals surface area contributed by atoms with Crippen LogP contribution in [0.1, 0.15) is 31.9 Å². The topological polar surface area (TPSA) is 26.0 Å². The van der Waals surface area contributed by atoms with Gasteiger partial charge in [-0.2, -0.15) is 0 Å². The smallest absolute Gasteiger partial charge is 0.0298 e. The first-order valence-corrected chi connectivity index (χ1v) is 6.29. The van der Waals surface area contributed by atoms with Crippen LogP contribution in [-0.4, -0.2) is 0 Å². The normalized spacial score (nSPS) is 13.3. The highest BCUT2D eigenvalue weighted by Gasteiger charge is 2.09. The molecule has 1 rings (SSSR count). The van der Waals surface area contributed by atoms with E-state index in [4.69, 9.17) is 5.73 Å². The van der Waals surface area contributed by atoms with Gasteiger partial charge in [-0.05, 0) is 36.1 Å². The minimum atomic E-state index is 0.129. The molecule has 2 N–H and O–H groups in total. The predicted molar refractivity (Wildman–Crippen MR) is 68.2 cm³/mol. The molecule has 0 heterocycles. The van der Waals surface area contributed by atoms with Gasteiger partial charge in [-0.15, -0.1) is 0 Å². The Kier molecular flexibility index (Phi) is 4.61. The highest BCUT2D eigenvalue weighted by atomic mass is 79.9. The second kappa shape index (κ2) is 5.29. The van der Waals surface area contributed by atoms with E-state index < -0.39 is 0 Å². The summed E-state index contributed by atoms with van der Waals surface area (Å²) in [5, 5.41) is 0. The second-order valence-electron chi connectivity index (χ2n) is 3.94. The first kappa shape index (κ1) is 12.2. The summed E-state index contributed by atoms with van der Waals surface area (Å²) in [5.74, 6) is 0.628. The summed E-state index contributed by atoms with van der Waals surface area (Å²) < 4.78 is 2.14. The fourth-order valence-electron chi connectivity index (χ4n) is 1.43. The molecule has 1 nitrogen and oxygen atoms in total. The Bertz CT molecular complexity index is 290. The molecule has 0 unspecified atom stereocenters. The van der Waals surface area contributed by atoms with E-state index in [2.05, 4.69) is 57.8 Å². The van der Waals surface area contributed by atoms with Crippen LogP contribution >= 0.6 is 31.9 Å². The van der Waals surface area contributed by atoms with Gasteiger partial charge >= 0.3 is 0 Å². The molecule has 1 aromatic carbocycles. The molecule has 0 aliphatic carbocycles. The second-order valence-corrected chi connectivity index (χ2v) is 5.77. The molecule has 0 amide bonds. The van der Waals surface area contributed by atoms with Crippen molar-refractivity contribution in [3.05, 3.63) is 32.7 Å². The summed E-state index contributed by atoms with van der Waals surface area (Å²) in [5.41, 5.74) is 7.27. The molecule has 0 aliphatic rings. The number of halogens is 2. The zero-order valence-corrected chi connectivity index (χ0v) is 11.6. The van der Waals surface area contributed by atoms with Crippen molar-refractivity contribution in [3.63, 3.8) is 0 Å². The minimum absolute atomic E-state index is 0.129. The van der Waals surface area contributed by atoms with E-state index in [-0.39, 0.29) is 6.04 Å². The SMILES string of the molecule is CC(C)C[C@@H](N)c1cc(Br)cc(Br)c1. The monoisotopic (exact) mass is 319 g/mol. The molecule has 3 heteroatoms. The lowest BCUT2D eigenvalue weighted by molar-refractivity contribution is 0.510. The van der Waals surface area contributed by atoms with Gasteiger partial charge in [-0.3, -0.25) is 0 Å². The van der Waals surface area contributed by atoms with Crippen LogP contribution in [-0.2, 0) is 0 Å². The quantitative estimate of drug-likeness (QED) is 0.884. The van der Waals surface area contributed by atoms with E-state index in [1.165, 1.54) is 5.56 Å². The van der Waals surface area contributed by atoms with E-state index in [0.717, 1.165) is 15.4 Å². The molecular formula is C11H15Br2N. The Hall–Kier alpha value is 0.140. The van der Waals surface area contributed by atoms with Crippen LogP contribution in [0.3, 0.4) is 0 Å². The van der Waals surface area contributed by atoms with Gasteiger partial charge in [0.2, 0.25) is 0 Å². The highest BCUT2D eigenvalue weighted by Crippen LogP contribution is 2.26. The van der Waals surface area contributed by atoms with Gasteiger partial charge in [0.05, 0.1) is 0 Å². The van der Waals surface area contributed by atoms with Crippen LogP contribution in [0.15, 0.2) is 27.1 Å². The van der Waals surface area contributed by atoms with Crippen molar-refractivity contribution in [3.8, 4) is 0 Å². The van der Waals surface area contributed by atoms with Crippen LogP contribution in [0.2, 0.25) is 0 Å². The Labute approximate surface area is 102 Å². The van der Waals surface area contributed by atoms with Gasteiger partial charge in [0.25, 0.3) is 0 Å². The summed E-state index contributed by atoms with van der Waals surface area (Å²) >= 11 is 6.92. The van der Waals surface area contributed by atoms with Crippen LogP contribution in [0, 0.1) is 5.92 Å². The van der Waals surface area contributed by atoms with Gasteiger partial charge in [-0.25, -0.2) is 0 Å². The van der Waals surface area contributed by atoms with Gasteiger partial charge in [0.15, 0.2) is 0 Å². The lowest BCUT2D eigenvalue weighted by Crippen LogP contribution is -2.12. The van der Waals surface area contributed by atoms with Crippen molar-refractivity contribution in [1.29, 1.82) is 0 Å². The Balaban J connectivity index is 2.84. The zero-order chi connectivity index (χ0) is 10.7. The Morgan fingerprint density at radius 1 is 1.14 bits per heavy atom. The summed E-state index contributed by atoms with van der Waals surface area (Å²) in [7, 11) is 0. The maximum atomic E-state index is 6.09. The van der Waals surface area contributed by atoms with Crippen molar-refractivity contribution < 1.29 is 0 Å². The lowest BCUT2D eigenvalue weighted by atomic mass is 9.98. The maximum absolute atomic E-state index is 6.09. The summed E-state index contributed by atoms with van der Waals surface area (Å²) in [4.78, 5) is 0. The molecule has 0 spiro atoms. The van der Waals surface area contributed by atoms with E-state index in [1.807, 2.05) is 6.07 Å². The van der Waals surface area contributed by atoms with Gasteiger partial charge in [0, 0.05) is 15.0 Å². The molecule has 1 atom stereocenters. The third kappa shape index (κ3) is 3.71. The molecule has 0 saturated carbocycles. The molecule has 78 valence electrons. The summed E-state index contributed by atoms with van der Waals surface area (Å²) in [6.45, 7) is 4.37. The summed E-state index contributed by atoms with van der Waals surface area (Å²) in [6.07, 6.45) is 1.02. The summed E-state index contributed by atoms with van der Waals surface area (Å²) in [6, 6.07) is 6.31. The fourth-order valence-corrected chi connectivity index (χ4v) is 2.76. The number of hydrogen-bond acceptors (Lipinski definition) is 1. The standard InChI is InChI=1S/C11H15Br2N/c1-7(2)3-11(14)8-4-9(12)6-10(13)5-8/h4-7,11H,3,14H2,1-2H3/t11-/m1/s1. The van der Waals surface area contributed by atoms with Crippen LogP contribution in [0.25, 0.3) is 0 Å². The van der Waals surface area contributed by atoms with E-state index in [1.54, 1.807) is 0 Å². The average molecular weight is 321 g/mol. The van der Waals surface area contributed by atoms with Gasteiger partial charge in [-0.1, -0.05) is 45.7 Å². The van der Waals surface area contributed by atoms with Crippen molar-refractivity contribution in [2.24, 2.45) is 11.7 Å². The molecule has 1 aromatic rings. The predicted octanol–water partition coefficient (Wildman–Crippen LogP) is 4.26. The maximum Gasteiger partial charge on any atom is 0.0298 e. The molecule has 0 saturated heterocycles. The lowest BCUT2D eigenvalue weighted by Gasteiger charge is -2.15. The van der Waals surface area contributed by atoms with E-state index in [0.29, 0.717) is 5.92 Å². The third-order valence-electron chi connectivity index (χ3n) is 2.04. The van der Waals surface area contributed by atoms with Crippen LogP contribution in [0.4, 0.5) is 0 Å². The number of benzene rings is 1. The fraction of sp³-hybridized carbons (Fsp3) is 0.455. The van der Waals surface area contributed by atoms with Crippen molar-refractivity contribution in [2.45, 2.75) is 26.3 Å². The van der Waals surface area contributed by atoms with Crippen molar-refractivity contribution in [1.82, 2.24) is 0 Å². The Morgan fingerprint density at radius 2 is 1.64 bits per heavy atom. The number of nitrogens with two attached hydrogens (primary N) is 1. The molecular weight excluding hydrogens is 306 g/mol. The van der Waals surface area contributed by atoms with Crippen LogP contribution < -0.4 is 5.73 Å². The number of rotatable bonds is 3. The average Bonchev–Trinajstić information content (AvgIpc) is 2.00. The molecule has 14 heavy (non-hydrogen) atoms. The third-order valence-corrected chi connectivity index (χ3v) is 2.95. The van der Waals surface area contributed by atoms with E-state index >= 15 is 0 Å². The van der Waals surface area contributed by atoms with E-state index in [9.17, 15) is 0 Å². The van der Waals surface area contributed by atoms with Crippen LogP contribution in [0.5, 0.6) is 0 Å². The minimum Gasteiger partial charge on any atom is -0.324 e. The van der Waals surface area contributed by atoms with Gasteiger partial charge < -0.3 is 5.73 Å². The number of hydrogen-bond donors (Lipinski definition) is 1. The Morgan fingerprint density at radius 3 is 2.07 bits per heavy atom. The van der Waals surface area contributed by atoms with Crippen molar-refractivity contribution >= 4 is 31.9 Å². The first-order valence-electron chi connectivity index (χ1n) is 4.70. The molecule has 0 bridgehead atoms. The molecule has 0 radical (unpaired) electrons.